The van der Waals surface area contributed by atoms with Crippen LogP contribution >= 0.6 is 0 Å². The average Bonchev–Trinajstić information content (AvgIpc) is 2.17. The Morgan fingerprint density at radius 2 is 2.20 bits per heavy atom. The van der Waals surface area contributed by atoms with Crippen molar-refractivity contribution < 1.29 is 19.1 Å². The molecule has 0 saturated heterocycles. The summed E-state index contributed by atoms with van der Waals surface area (Å²) in [5.41, 5.74) is -0.150. The number of aliphatic carboxylic acids is 1. The van der Waals surface area contributed by atoms with Gasteiger partial charge in [-0.1, -0.05) is 6.07 Å². The van der Waals surface area contributed by atoms with Crippen LogP contribution in [0.4, 0.5) is 4.39 Å². The Bertz CT molecular complexity index is 395. The summed E-state index contributed by atoms with van der Waals surface area (Å²) in [7, 11) is 0. The zero-order valence-corrected chi connectivity index (χ0v) is 7.90. The number of nitrogens with zero attached hydrogens (tertiary/aromatic N) is 1. The summed E-state index contributed by atoms with van der Waals surface area (Å²) in [5, 5.41) is 10.7. The van der Waals surface area contributed by atoms with Crippen LogP contribution < -0.4 is 5.32 Å². The van der Waals surface area contributed by atoms with Crippen molar-refractivity contribution >= 4 is 11.9 Å². The molecule has 0 fully saturated rings. The summed E-state index contributed by atoms with van der Waals surface area (Å²) in [6, 6.07) is 2.68. The molecule has 0 bridgehead atoms. The minimum Gasteiger partial charge on any atom is -0.480 e. The number of rotatable bonds is 3. The van der Waals surface area contributed by atoms with Crippen LogP contribution in [0.3, 0.4) is 0 Å². The van der Waals surface area contributed by atoms with Crippen LogP contribution in [-0.2, 0) is 4.79 Å². The SMILES string of the molecule is C[C@@H](NC(=O)c1cccc(F)n1)C(=O)O. The van der Waals surface area contributed by atoms with Gasteiger partial charge in [0.15, 0.2) is 0 Å². The third-order valence-corrected chi connectivity index (χ3v) is 1.67. The highest BCUT2D eigenvalue weighted by atomic mass is 19.1. The molecule has 0 aliphatic rings. The van der Waals surface area contributed by atoms with Gasteiger partial charge in [-0.15, -0.1) is 0 Å². The minimum atomic E-state index is -1.17. The number of aromatic nitrogens is 1. The highest BCUT2D eigenvalue weighted by Crippen LogP contribution is 1.98. The van der Waals surface area contributed by atoms with Crippen molar-refractivity contribution in [3.63, 3.8) is 0 Å². The Balaban J connectivity index is 2.73. The van der Waals surface area contributed by atoms with Crippen LogP contribution in [0.1, 0.15) is 17.4 Å². The van der Waals surface area contributed by atoms with Crippen LogP contribution in [0, 0.1) is 5.95 Å². The van der Waals surface area contributed by atoms with Gasteiger partial charge in [-0.3, -0.25) is 9.59 Å². The Morgan fingerprint density at radius 1 is 1.53 bits per heavy atom. The molecule has 2 N–H and O–H groups in total. The number of hydrogen-bond acceptors (Lipinski definition) is 3. The topological polar surface area (TPSA) is 79.3 Å². The normalized spacial score (nSPS) is 11.9. The molecule has 0 spiro atoms. The van der Waals surface area contributed by atoms with E-state index in [1.807, 2.05) is 0 Å². The Morgan fingerprint density at radius 3 is 2.73 bits per heavy atom. The van der Waals surface area contributed by atoms with E-state index in [1.165, 1.54) is 19.1 Å². The van der Waals surface area contributed by atoms with Crippen molar-refractivity contribution in [1.29, 1.82) is 0 Å². The van der Waals surface area contributed by atoms with Crippen molar-refractivity contribution in [3.05, 3.63) is 29.8 Å². The molecule has 80 valence electrons. The summed E-state index contributed by atoms with van der Waals surface area (Å²) in [4.78, 5) is 25.0. The van der Waals surface area contributed by atoms with Crippen molar-refractivity contribution in [2.75, 3.05) is 0 Å². The first-order valence-electron chi connectivity index (χ1n) is 4.17. The first-order valence-corrected chi connectivity index (χ1v) is 4.17. The van der Waals surface area contributed by atoms with Crippen LogP contribution in [0.2, 0.25) is 0 Å². The molecule has 1 aromatic heterocycles. The zero-order chi connectivity index (χ0) is 11.4. The molecule has 1 aromatic rings. The lowest BCUT2D eigenvalue weighted by Crippen LogP contribution is -2.38. The highest BCUT2D eigenvalue weighted by Gasteiger charge is 2.16. The monoisotopic (exact) mass is 212 g/mol. The number of halogens is 1. The largest absolute Gasteiger partial charge is 0.480 e. The number of hydrogen-bond donors (Lipinski definition) is 2. The molecule has 1 rings (SSSR count). The second kappa shape index (κ2) is 4.50. The average molecular weight is 212 g/mol. The van der Waals surface area contributed by atoms with Gasteiger partial charge < -0.3 is 10.4 Å². The van der Waals surface area contributed by atoms with Gasteiger partial charge in [0.05, 0.1) is 0 Å². The second-order valence-electron chi connectivity index (χ2n) is 2.88. The zero-order valence-electron chi connectivity index (χ0n) is 7.90. The molecule has 0 unspecified atom stereocenters. The van der Waals surface area contributed by atoms with E-state index in [2.05, 4.69) is 10.3 Å². The van der Waals surface area contributed by atoms with E-state index in [4.69, 9.17) is 5.11 Å². The number of carbonyl (C=O) groups excluding carboxylic acids is 1. The molecule has 6 heteroatoms. The fraction of sp³-hybridized carbons (Fsp3) is 0.222. The van der Waals surface area contributed by atoms with Crippen LogP contribution in [-0.4, -0.2) is 28.0 Å². The number of pyridine rings is 1. The predicted molar refractivity (Wildman–Crippen MR) is 48.8 cm³/mol. The van der Waals surface area contributed by atoms with Crippen LogP contribution in [0.25, 0.3) is 0 Å². The fourth-order valence-corrected chi connectivity index (χ4v) is 0.867. The van der Waals surface area contributed by atoms with Crippen molar-refractivity contribution in [2.24, 2.45) is 0 Å². The molecule has 0 aromatic carbocycles. The van der Waals surface area contributed by atoms with Gasteiger partial charge in [0.25, 0.3) is 5.91 Å². The molecular weight excluding hydrogens is 203 g/mol. The van der Waals surface area contributed by atoms with E-state index in [0.29, 0.717) is 0 Å². The first kappa shape index (κ1) is 11.1. The molecule has 1 atom stereocenters. The predicted octanol–water partition coefficient (Wildman–Crippen LogP) is 0.424. The maximum atomic E-state index is 12.6. The van der Waals surface area contributed by atoms with E-state index < -0.39 is 23.9 Å². The quantitative estimate of drug-likeness (QED) is 0.712. The summed E-state index contributed by atoms with van der Waals surface area (Å²) in [5.74, 6) is -2.67. The van der Waals surface area contributed by atoms with Gasteiger partial charge in [0.2, 0.25) is 5.95 Å². The lowest BCUT2D eigenvalue weighted by atomic mass is 10.3. The molecule has 0 radical (unpaired) electrons. The molecule has 15 heavy (non-hydrogen) atoms. The lowest BCUT2D eigenvalue weighted by Gasteiger charge is -2.08. The molecule has 0 saturated carbocycles. The van der Waals surface area contributed by atoms with Gasteiger partial charge in [-0.05, 0) is 19.1 Å². The number of carboxylic acids is 1. The molecule has 5 nitrogen and oxygen atoms in total. The molecule has 0 aliphatic heterocycles. The van der Waals surface area contributed by atoms with Gasteiger partial charge in [0.1, 0.15) is 11.7 Å². The van der Waals surface area contributed by atoms with E-state index in [0.717, 1.165) is 6.07 Å². The Labute approximate surface area is 84.9 Å². The van der Waals surface area contributed by atoms with E-state index in [-0.39, 0.29) is 5.69 Å². The van der Waals surface area contributed by atoms with Crippen LogP contribution in [0.15, 0.2) is 18.2 Å². The minimum absolute atomic E-state index is 0.150. The van der Waals surface area contributed by atoms with E-state index in [1.54, 1.807) is 0 Å². The standard InChI is InChI=1S/C9H9FN2O3/c1-5(9(14)15)11-8(13)6-3-2-4-7(10)12-6/h2-5H,1H3,(H,11,13)(H,14,15)/t5-/m1/s1. The Hall–Kier alpha value is -1.98. The smallest absolute Gasteiger partial charge is 0.325 e. The molecule has 1 amide bonds. The van der Waals surface area contributed by atoms with Crippen molar-refractivity contribution in [3.8, 4) is 0 Å². The third-order valence-electron chi connectivity index (χ3n) is 1.67. The number of amides is 1. The number of carboxylic acid groups (broad SMARTS) is 1. The molecule has 0 aliphatic carbocycles. The maximum absolute atomic E-state index is 12.6. The van der Waals surface area contributed by atoms with Gasteiger partial charge in [-0.2, -0.15) is 4.39 Å². The van der Waals surface area contributed by atoms with Gasteiger partial charge in [-0.25, -0.2) is 4.98 Å². The van der Waals surface area contributed by atoms with E-state index in [9.17, 15) is 14.0 Å². The second-order valence-corrected chi connectivity index (χ2v) is 2.88. The lowest BCUT2D eigenvalue weighted by molar-refractivity contribution is -0.138. The fourth-order valence-electron chi connectivity index (χ4n) is 0.867. The number of carbonyl (C=O) groups is 2. The van der Waals surface area contributed by atoms with Crippen molar-refractivity contribution in [2.45, 2.75) is 13.0 Å². The molecular formula is C9H9FN2O3. The van der Waals surface area contributed by atoms with Gasteiger partial charge in [0, 0.05) is 0 Å². The third kappa shape index (κ3) is 3.01. The summed E-state index contributed by atoms with van der Waals surface area (Å²) in [6.45, 7) is 1.31. The van der Waals surface area contributed by atoms with Crippen LogP contribution in [0.5, 0.6) is 0 Å². The molecule has 1 heterocycles. The number of nitrogens with one attached hydrogen (secondary N) is 1. The summed E-state index contributed by atoms with van der Waals surface area (Å²) < 4.78 is 12.6. The first-order chi connectivity index (χ1) is 7.00. The summed E-state index contributed by atoms with van der Waals surface area (Å²) in [6.07, 6.45) is 0. The van der Waals surface area contributed by atoms with Crippen molar-refractivity contribution in [1.82, 2.24) is 10.3 Å². The Kier molecular flexibility index (Phi) is 3.33. The highest BCUT2D eigenvalue weighted by molar-refractivity contribution is 5.94. The maximum Gasteiger partial charge on any atom is 0.325 e. The summed E-state index contributed by atoms with van der Waals surface area (Å²) >= 11 is 0. The van der Waals surface area contributed by atoms with E-state index >= 15 is 0 Å². The van der Waals surface area contributed by atoms with Gasteiger partial charge >= 0.3 is 5.97 Å².